The van der Waals surface area contributed by atoms with Gasteiger partial charge in [-0.05, 0) is 43.4 Å². The minimum atomic E-state index is -3.20. The van der Waals surface area contributed by atoms with E-state index < -0.39 is 21.9 Å². The van der Waals surface area contributed by atoms with Gasteiger partial charge < -0.3 is 9.64 Å². The van der Waals surface area contributed by atoms with Gasteiger partial charge in [0.05, 0.1) is 29.0 Å². The van der Waals surface area contributed by atoms with Gasteiger partial charge in [0.25, 0.3) is 5.91 Å². The Kier molecular flexibility index (Phi) is 4.51. The van der Waals surface area contributed by atoms with Crippen molar-refractivity contribution in [3.05, 3.63) is 46.2 Å². The van der Waals surface area contributed by atoms with Crippen LogP contribution in [0.25, 0.3) is 0 Å². The van der Waals surface area contributed by atoms with E-state index in [4.69, 9.17) is 16.3 Å². The summed E-state index contributed by atoms with van der Waals surface area (Å²) in [5, 5.41) is 0.556. The highest BCUT2D eigenvalue weighted by Gasteiger charge is 2.54. The molecule has 4 atom stereocenters. The molecule has 4 unspecified atom stereocenters. The van der Waals surface area contributed by atoms with Crippen molar-refractivity contribution < 1.29 is 22.7 Å². The van der Waals surface area contributed by atoms with E-state index in [2.05, 4.69) is 0 Å². The molecule has 1 aliphatic carbocycles. The fourth-order valence-electron chi connectivity index (χ4n) is 5.21. The topological polar surface area (TPSA) is 80.8 Å². The normalized spacial score (nSPS) is 33.5. The minimum absolute atomic E-state index is 0.0207. The Hall–Kier alpha value is -1.86. The summed E-state index contributed by atoms with van der Waals surface area (Å²) in [6.07, 6.45) is 3.61. The van der Waals surface area contributed by atoms with Crippen LogP contribution in [0.15, 0.2) is 35.6 Å². The van der Waals surface area contributed by atoms with Gasteiger partial charge in [0.2, 0.25) is 0 Å². The van der Waals surface area contributed by atoms with Crippen LogP contribution in [0.3, 0.4) is 0 Å². The molecule has 1 saturated carbocycles. The molecule has 29 heavy (non-hydrogen) atoms. The maximum absolute atomic E-state index is 13.5. The highest BCUT2D eigenvalue weighted by Crippen LogP contribution is 2.48. The smallest absolute Gasteiger partial charge is 0.290 e. The predicted octanol–water partition coefficient (Wildman–Crippen LogP) is 2.82. The summed E-state index contributed by atoms with van der Waals surface area (Å²) < 4.78 is 30.3. The monoisotopic (exact) mass is 435 g/mol. The van der Waals surface area contributed by atoms with Crippen LogP contribution in [0.4, 0.5) is 0 Å². The van der Waals surface area contributed by atoms with Crippen molar-refractivity contribution in [2.45, 2.75) is 50.3 Å². The van der Waals surface area contributed by atoms with E-state index in [1.807, 2.05) is 0 Å². The van der Waals surface area contributed by atoms with Crippen molar-refractivity contribution in [1.29, 1.82) is 0 Å². The van der Waals surface area contributed by atoms with E-state index >= 15 is 0 Å². The van der Waals surface area contributed by atoms with Gasteiger partial charge in [-0.25, -0.2) is 8.42 Å². The van der Waals surface area contributed by atoms with Gasteiger partial charge >= 0.3 is 0 Å². The fraction of sp³-hybridized carbons (Fsp3) is 0.524. The van der Waals surface area contributed by atoms with Crippen molar-refractivity contribution in [2.24, 2.45) is 5.92 Å². The molecular formula is C21H22ClNO5S. The summed E-state index contributed by atoms with van der Waals surface area (Å²) in [7, 11) is -3.20. The van der Waals surface area contributed by atoms with Crippen LogP contribution in [-0.2, 0) is 24.2 Å². The van der Waals surface area contributed by atoms with E-state index in [0.29, 0.717) is 17.0 Å². The number of ether oxygens (including phenoxy) is 1. The van der Waals surface area contributed by atoms with Crippen LogP contribution in [0, 0.1) is 5.92 Å². The fourth-order valence-corrected chi connectivity index (χ4v) is 7.04. The highest BCUT2D eigenvalue weighted by molar-refractivity contribution is 7.91. The van der Waals surface area contributed by atoms with E-state index in [9.17, 15) is 18.0 Å². The molecule has 0 spiro atoms. The Balaban J connectivity index is 1.61. The quantitative estimate of drug-likeness (QED) is 0.713. The molecule has 0 radical (unpaired) electrons. The zero-order valence-electron chi connectivity index (χ0n) is 15.8. The summed E-state index contributed by atoms with van der Waals surface area (Å²) in [4.78, 5) is 28.4. The van der Waals surface area contributed by atoms with Crippen molar-refractivity contribution in [1.82, 2.24) is 4.90 Å². The van der Waals surface area contributed by atoms with E-state index in [1.165, 1.54) is 0 Å². The third-order valence-electron chi connectivity index (χ3n) is 6.59. The Morgan fingerprint density at radius 1 is 1.03 bits per heavy atom. The van der Waals surface area contributed by atoms with Gasteiger partial charge in [0, 0.05) is 11.1 Å². The van der Waals surface area contributed by atoms with Gasteiger partial charge in [0.15, 0.2) is 21.4 Å². The average molecular weight is 436 g/mol. The second kappa shape index (κ2) is 6.84. The number of halogens is 1. The molecule has 0 aromatic heterocycles. The third kappa shape index (κ3) is 3.10. The van der Waals surface area contributed by atoms with Crippen LogP contribution < -0.4 is 0 Å². The van der Waals surface area contributed by atoms with Crippen molar-refractivity contribution in [3.63, 3.8) is 0 Å². The van der Waals surface area contributed by atoms with Gasteiger partial charge in [-0.1, -0.05) is 30.2 Å². The molecule has 3 aliphatic heterocycles. The first kappa shape index (κ1) is 19.1. The van der Waals surface area contributed by atoms with Gasteiger partial charge in [0.1, 0.15) is 6.10 Å². The van der Waals surface area contributed by atoms with E-state index in [1.54, 1.807) is 29.2 Å². The zero-order chi connectivity index (χ0) is 20.3. The van der Waals surface area contributed by atoms with Crippen LogP contribution in [-0.4, -0.2) is 48.7 Å². The number of carbonyl (C=O) groups is 2. The molecule has 1 aromatic rings. The largest absolute Gasteiger partial charge is 0.483 e. The number of benzene rings is 1. The number of amides is 1. The van der Waals surface area contributed by atoms with Crippen LogP contribution in [0.1, 0.15) is 43.7 Å². The van der Waals surface area contributed by atoms with Gasteiger partial charge in [-0.15, -0.1) is 0 Å². The Bertz CT molecular complexity index is 1020. The maximum atomic E-state index is 13.5. The lowest BCUT2D eigenvalue weighted by Gasteiger charge is -2.35. The van der Waals surface area contributed by atoms with Crippen molar-refractivity contribution in [3.8, 4) is 0 Å². The second-order valence-electron chi connectivity index (χ2n) is 8.38. The Labute approximate surface area is 174 Å². The SMILES string of the molecule is O=C1C2=C(OC3CCCCC13)C(=O)N(C1CCS(=O)(=O)C1)C2c1ccc(Cl)cc1. The lowest BCUT2D eigenvalue weighted by molar-refractivity contribution is -0.136. The van der Waals surface area contributed by atoms with Gasteiger partial charge in [-0.2, -0.15) is 0 Å². The number of fused-ring (bicyclic) bond motifs is 1. The predicted molar refractivity (Wildman–Crippen MR) is 107 cm³/mol. The lowest BCUT2D eigenvalue weighted by Crippen LogP contribution is -2.41. The Morgan fingerprint density at radius 2 is 1.76 bits per heavy atom. The first-order valence-electron chi connectivity index (χ1n) is 10.1. The van der Waals surface area contributed by atoms with Crippen LogP contribution in [0.2, 0.25) is 5.02 Å². The van der Waals surface area contributed by atoms with E-state index in [-0.39, 0.29) is 41.0 Å². The number of sulfone groups is 1. The summed E-state index contributed by atoms with van der Waals surface area (Å²) in [6, 6.07) is 5.96. The molecule has 4 aliphatic rings. The zero-order valence-corrected chi connectivity index (χ0v) is 17.4. The minimum Gasteiger partial charge on any atom is -0.483 e. The average Bonchev–Trinajstić information content (AvgIpc) is 3.20. The van der Waals surface area contributed by atoms with E-state index in [0.717, 1.165) is 31.2 Å². The lowest BCUT2D eigenvalue weighted by atomic mass is 9.77. The molecule has 1 amide bonds. The molecule has 8 heteroatoms. The molecule has 2 fully saturated rings. The van der Waals surface area contributed by atoms with Crippen molar-refractivity contribution >= 4 is 33.1 Å². The molecule has 0 bridgehead atoms. The summed E-state index contributed by atoms with van der Waals surface area (Å²) >= 11 is 6.04. The molecule has 6 nitrogen and oxygen atoms in total. The Morgan fingerprint density at radius 3 is 2.45 bits per heavy atom. The number of Topliss-reactive ketones (excluding diaryl/α,β-unsaturated/α-hetero) is 1. The number of nitrogens with zero attached hydrogens (tertiary/aromatic N) is 1. The molecule has 1 aromatic carbocycles. The first-order valence-corrected chi connectivity index (χ1v) is 12.3. The molecule has 154 valence electrons. The standard InChI is InChI=1S/C21H22ClNO5S/c22-13-7-5-12(6-8-13)18-17-19(24)15-3-1-2-4-16(15)28-20(17)21(25)23(18)14-9-10-29(26,27)11-14/h5-8,14-16,18H,1-4,9-11H2. The summed E-state index contributed by atoms with van der Waals surface area (Å²) in [5.74, 6) is -0.504. The first-order chi connectivity index (χ1) is 13.9. The number of ketones is 1. The van der Waals surface area contributed by atoms with Gasteiger partial charge in [-0.3, -0.25) is 9.59 Å². The summed E-state index contributed by atoms with van der Waals surface area (Å²) in [5.41, 5.74) is 1.15. The second-order valence-corrected chi connectivity index (χ2v) is 11.0. The third-order valence-corrected chi connectivity index (χ3v) is 8.59. The maximum Gasteiger partial charge on any atom is 0.290 e. The highest BCUT2D eigenvalue weighted by atomic mass is 35.5. The molecule has 1 saturated heterocycles. The molecule has 3 heterocycles. The number of hydrogen-bond acceptors (Lipinski definition) is 5. The molecule has 5 rings (SSSR count). The molecular weight excluding hydrogens is 414 g/mol. The number of rotatable bonds is 2. The van der Waals surface area contributed by atoms with Crippen LogP contribution in [0.5, 0.6) is 0 Å². The number of hydrogen-bond donors (Lipinski definition) is 0. The van der Waals surface area contributed by atoms with Crippen LogP contribution >= 0.6 is 11.6 Å². The molecule has 0 N–H and O–H groups in total. The van der Waals surface area contributed by atoms with Crippen molar-refractivity contribution in [2.75, 3.05) is 11.5 Å². The number of carbonyl (C=O) groups excluding carboxylic acids is 2. The summed E-state index contributed by atoms with van der Waals surface area (Å²) in [6.45, 7) is 0.